The molecule has 0 radical (unpaired) electrons. The predicted molar refractivity (Wildman–Crippen MR) is 131 cm³/mol. The average Bonchev–Trinajstić information content (AvgIpc) is 2.92. The topological polar surface area (TPSA) is 85.4 Å². The first kappa shape index (κ1) is 24.5. The number of fused-ring (bicyclic) bond motifs is 3. The van der Waals surface area contributed by atoms with Crippen LogP contribution >= 0.6 is 0 Å². The minimum Gasteiger partial charge on any atom is -0.493 e. The molecule has 0 aromatic heterocycles. The summed E-state index contributed by atoms with van der Waals surface area (Å²) < 4.78 is 17.0. The highest BCUT2D eigenvalue weighted by molar-refractivity contribution is 5.84. The Labute approximate surface area is 196 Å². The van der Waals surface area contributed by atoms with Crippen molar-refractivity contribution in [1.82, 2.24) is 5.32 Å². The third-order valence-electron chi connectivity index (χ3n) is 5.80. The van der Waals surface area contributed by atoms with Crippen LogP contribution in [-0.4, -0.2) is 27.2 Å². The maximum atomic E-state index is 12.0. The number of amides is 1. The third kappa shape index (κ3) is 5.42. The van der Waals surface area contributed by atoms with Crippen LogP contribution in [0.4, 0.5) is 5.69 Å². The van der Waals surface area contributed by atoms with Gasteiger partial charge in [0, 0.05) is 18.9 Å². The number of methoxy groups -OCH3 is 3. The highest BCUT2D eigenvalue weighted by Crippen LogP contribution is 2.50. The van der Waals surface area contributed by atoms with Gasteiger partial charge in [0.2, 0.25) is 11.7 Å². The van der Waals surface area contributed by atoms with Crippen LogP contribution in [0.2, 0.25) is 0 Å². The van der Waals surface area contributed by atoms with E-state index in [2.05, 4.69) is 43.3 Å². The van der Waals surface area contributed by atoms with Crippen molar-refractivity contribution < 1.29 is 24.4 Å². The van der Waals surface area contributed by atoms with E-state index in [4.69, 9.17) is 14.2 Å². The number of carbonyl (C=O) groups is 1. The van der Waals surface area contributed by atoms with Gasteiger partial charge in [-0.2, -0.15) is 0 Å². The number of rotatable bonds is 9. The number of nitrogens with one attached hydrogen (secondary N) is 2. The van der Waals surface area contributed by atoms with Crippen molar-refractivity contribution in [2.75, 3.05) is 26.8 Å². The Balaban J connectivity index is 2.10. The Morgan fingerprint density at radius 3 is 2.48 bits per heavy atom. The lowest BCUT2D eigenvalue weighted by atomic mass is 9.93. The van der Waals surface area contributed by atoms with Gasteiger partial charge in [0.05, 0.1) is 33.1 Å². The number of hydrogen-bond donors (Lipinski definition) is 3. The lowest BCUT2D eigenvalue weighted by Crippen LogP contribution is -2.86. The molecule has 0 bridgehead atoms. The first-order chi connectivity index (χ1) is 15.8. The summed E-state index contributed by atoms with van der Waals surface area (Å²) in [5.41, 5.74) is 11.4. The van der Waals surface area contributed by atoms with Crippen molar-refractivity contribution in [3.63, 3.8) is 0 Å². The molecular weight excluding hydrogens is 418 g/mol. The van der Waals surface area contributed by atoms with Gasteiger partial charge in [-0.25, -0.2) is 10.9 Å². The maximum absolute atomic E-state index is 12.0. The molecule has 0 fully saturated rings. The highest BCUT2D eigenvalue weighted by Gasteiger charge is 2.29. The maximum Gasteiger partial charge on any atom is 0.217 e. The Bertz CT molecular complexity index is 1030. The Morgan fingerprint density at radius 2 is 1.88 bits per heavy atom. The van der Waals surface area contributed by atoms with E-state index in [1.54, 1.807) is 28.3 Å². The summed E-state index contributed by atoms with van der Waals surface area (Å²) in [5, 5.41) is 3.13. The van der Waals surface area contributed by atoms with Crippen molar-refractivity contribution in [2.45, 2.75) is 46.1 Å². The fourth-order valence-electron chi connectivity index (χ4n) is 4.49. The molecule has 4 N–H and O–H groups in total. The first-order valence-corrected chi connectivity index (χ1v) is 11.3. The summed E-state index contributed by atoms with van der Waals surface area (Å²) in [4.78, 5) is 12.0. The van der Waals surface area contributed by atoms with Crippen LogP contribution in [0.3, 0.4) is 0 Å². The molecule has 0 spiro atoms. The van der Waals surface area contributed by atoms with Gasteiger partial charge in [-0.1, -0.05) is 19.9 Å². The van der Waals surface area contributed by atoms with Crippen LogP contribution in [0.25, 0.3) is 11.1 Å². The lowest BCUT2D eigenvalue weighted by Gasteiger charge is -2.21. The fraction of sp³-hybridized carbons (Fsp3) is 0.423. The molecule has 7 nitrogen and oxygen atoms in total. The van der Waals surface area contributed by atoms with Crippen molar-refractivity contribution in [3.8, 4) is 28.4 Å². The van der Waals surface area contributed by atoms with E-state index >= 15 is 0 Å². The first-order valence-electron chi connectivity index (χ1n) is 11.3. The van der Waals surface area contributed by atoms with Gasteiger partial charge in [-0.3, -0.25) is 4.79 Å². The van der Waals surface area contributed by atoms with Crippen LogP contribution < -0.4 is 30.4 Å². The number of benzene rings is 2. The lowest BCUT2D eigenvalue weighted by molar-refractivity contribution is -0.577. The second kappa shape index (κ2) is 10.6. The Kier molecular flexibility index (Phi) is 7.87. The molecule has 0 unspecified atom stereocenters. The second-order valence-electron chi connectivity index (χ2n) is 8.82. The highest BCUT2D eigenvalue weighted by atomic mass is 16.5. The van der Waals surface area contributed by atoms with Gasteiger partial charge < -0.3 is 19.5 Å². The summed E-state index contributed by atoms with van der Waals surface area (Å²) in [7, 11) is 4.87. The number of quaternary nitrogens is 1. The zero-order valence-corrected chi connectivity index (χ0v) is 20.5. The van der Waals surface area contributed by atoms with E-state index < -0.39 is 0 Å². The molecule has 0 saturated carbocycles. The van der Waals surface area contributed by atoms with E-state index in [9.17, 15) is 4.79 Å². The summed E-state index contributed by atoms with van der Waals surface area (Å²) >= 11 is 0. The van der Waals surface area contributed by atoms with Gasteiger partial charge in [-0.05, 0) is 60.2 Å². The second-order valence-corrected chi connectivity index (χ2v) is 8.82. The molecule has 3 rings (SSSR count). The third-order valence-corrected chi connectivity index (χ3v) is 5.80. The van der Waals surface area contributed by atoms with Gasteiger partial charge >= 0.3 is 0 Å². The number of nitrogen functional groups attached to an aromatic ring is 1. The van der Waals surface area contributed by atoms with Gasteiger partial charge in [0.15, 0.2) is 11.5 Å². The van der Waals surface area contributed by atoms with Crippen molar-refractivity contribution in [2.24, 2.45) is 5.92 Å². The van der Waals surface area contributed by atoms with Crippen molar-refractivity contribution in [1.29, 1.82) is 0 Å². The summed E-state index contributed by atoms with van der Waals surface area (Å²) in [6.07, 6.45) is 2.44. The molecule has 2 aromatic carbocycles. The quantitative estimate of drug-likeness (QED) is 0.395. The summed E-state index contributed by atoms with van der Waals surface area (Å²) in [5.74, 6) is 2.30. The standard InChI is InChI=1S/C26H35N3O4/c1-15(2)12-16(3)28-29-19-9-10-20-21(14-19)22(27-17(4)30)11-8-18-13-23(31-5)25(32-6)26(33-7)24(18)20/h9-10,13-15,22,28-29H,3,8,11-12H2,1-2,4-7H3,(H,27,30)/p+1/t22-/m0/s1. The summed E-state index contributed by atoms with van der Waals surface area (Å²) in [6.45, 7) is 10.0. The van der Waals surface area contributed by atoms with E-state index in [0.29, 0.717) is 23.2 Å². The van der Waals surface area contributed by atoms with E-state index in [0.717, 1.165) is 52.9 Å². The molecule has 1 amide bonds. The van der Waals surface area contributed by atoms with E-state index in [1.165, 1.54) is 0 Å². The minimum atomic E-state index is -0.132. The molecule has 0 saturated heterocycles. The SMILES string of the molecule is C=C(CC(C)C)[NH2+]Nc1ccc2c(c1)[C@@H](NC(C)=O)CCc1cc(OC)c(OC)c(OC)c1-2. The number of hydrogen-bond acceptors (Lipinski definition) is 5. The minimum absolute atomic E-state index is 0.0609. The number of allylic oxidation sites excluding steroid dienone is 1. The van der Waals surface area contributed by atoms with E-state index in [1.807, 2.05) is 17.6 Å². The van der Waals surface area contributed by atoms with Crippen LogP contribution in [0.1, 0.15) is 50.8 Å². The van der Waals surface area contributed by atoms with Crippen LogP contribution in [0.15, 0.2) is 36.5 Å². The zero-order chi connectivity index (χ0) is 24.1. The van der Waals surface area contributed by atoms with Gasteiger partial charge in [0.25, 0.3) is 0 Å². The van der Waals surface area contributed by atoms with Gasteiger partial charge in [-0.15, -0.1) is 0 Å². The number of ether oxygens (including phenoxy) is 3. The van der Waals surface area contributed by atoms with Crippen LogP contribution in [0, 0.1) is 5.92 Å². The summed E-state index contributed by atoms with van der Waals surface area (Å²) in [6, 6.07) is 8.08. The molecular formula is C26H36N3O4+. The van der Waals surface area contributed by atoms with Crippen LogP contribution in [0.5, 0.6) is 17.2 Å². The molecule has 33 heavy (non-hydrogen) atoms. The number of aryl methyl sites for hydroxylation is 1. The van der Waals surface area contributed by atoms with Crippen LogP contribution in [-0.2, 0) is 11.2 Å². The molecule has 178 valence electrons. The number of nitrogens with two attached hydrogens (primary N) is 1. The molecule has 7 heteroatoms. The number of anilines is 1. The Hall–Kier alpha value is -3.19. The van der Waals surface area contributed by atoms with Crippen molar-refractivity contribution in [3.05, 3.63) is 47.7 Å². The smallest absolute Gasteiger partial charge is 0.217 e. The van der Waals surface area contributed by atoms with Gasteiger partial charge in [0.1, 0.15) is 5.70 Å². The molecule has 1 atom stereocenters. The van der Waals surface area contributed by atoms with Crippen molar-refractivity contribution >= 4 is 11.6 Å². The monoisotopic (exact) mass is 454 g/mol. The average molecular weight is 455 g/mol. The molecule has 1 aliphatic carbocycles. The molecule has 2 aromatic rings. The Morgan fingerprint density at radius 1 is 1.15 bits per heavy atom. The zero-order valence-electron chi connectivity index (χ0n) is 20.5. The predicted octanol–water partition coefficient (Wildman–Crippen LogP) is 3.95. The largest absolute Gasteiger partial charge is 0.493 e. The number of carbonyl (C=O) groups excluding carboxylic acids is 1. The fourth-order valence-corrected chi connectivity index (χ4v) is 4.49. The molecule has 1 aliphatic rings. The normalized spacial score (nSPS) is 14.6. The van der Waals surface area contributed by atoms with E-state index in [-0.39, 0.29) is 11.9 Å². The molecule has 0 aliphatic heterocycles. The molecule has 0 heterocycles.